The number of hydrogen-bond acceptors (Lipinski definition) is 3. The van der Waals surface area contributed by atoms with Gasteiger partial charge in [0.25, 0.3) is 0 Å². The van der Waals surface area contributed by atoms with Crippen LogP contribution in [0.1, 0.15) is 5.56 Å². The molecule has 0 bridgehead atoms. The van der Waals surface area contributed by atoms with Gasteiger partial charge >= 0.3 is 0 Å². The Morgan fingerprint density at radius 1 is 1.29 bits per heavy atom. The van der Waals surface area contributed by atoms with Crippen LogP contribution in [0.4, 0.5) is 5.69 Å². The molecule has 0 unspecified atom stereocenters. The van der Waals surface area contributed by atoms with E-state index in [1.54, 1.807) is 18.4 Å². The lowest BCUT2D eigenvalue weighted by Crippen LogP contribution is -1.98. The molecule has 0 fully saturated rings. The normalized spacial score (nSPS) is 10.3. The standard InChI is InChI=1S/C12H11Br2NOS/c1-16-11-3-2-9(5-10(11)13)15-6-8-4-12(14)17-7-8/h2-5,7,15H,6H2,1H3. The van der Waals surface area contributed by atoms with Crippen molar-refractivity contribution in [1.82, 2.24) is 0 Å². The molecular formula is C12H11Br2NOS. The molecule has 0 spiro atoms. The van der Waals surface area contributed by atoms with Gasteiger partial charge in [0, 0.05) is 12.2 Å². The Balaban J connectivity index is 2.02. The Kier molecular flexibility index (Phi) is 4.48. The summed E-state index contributed by atoms with van der Waals surface area (Å²) in [6.45, 7) is 0.820. The van der Waals surface area contributed by atoms with Crippen molar-refractivity contribution < 1.29 is 4.74 Å². The minimum absolute atomic E-state index is 0.820. The van der Waals surface area contributed by atoms with E-state index in [1.807, 2.05) is 18.2 Å². The molecule has 1 heterocycles. The van der Waals surface area contributed by atoms with Gasteiger partial charge in [-0.15, -0.1) is 11.3 Å². The summed E-state index contributed by atoms with van der Waals surface area (Å²) < 4.78 is 7.30. The van der Waals surface area contributed by atoms with Crippen molar-refractivity contribution in [3.05, 3.63) is 43.5 Å². The summed E-state index contributed by atoms with van der Waals surface area (Å²) in [6, 6.07) is 8.08. The van der Waals surface area contributed by atoms with Gasteiger partial charge in [-0.1, -0.05) is 0 Å². The van der Waals surface area contributed by atoms with E-state index in [0.717, 1.165) is 26.2 Å². The van der Waals surface area contributed by atoms with Crippen molar-refractivity contribution in [2.24, 2.45) is 0 Å². The van der Waals surface area contributed by atoms with Crippen LogP contribution in [0.2, 0.25) is 0 Å². The minimum Gasteiger partial charge on any atom is -0.496 e. The summed E-state index contributed by atoms with van der Waals surface area (Å²) >= 11 is 8.62. The third-order valence-electron chi connectivity index (χ3n) is 2.27. The molecule has 1 aromatic carbocycles. The Bertz CT molecular complexity index is 513. The summed E-state index contributed by atoms with van der Waals surface area (Å²) in [7, 11) is 1.66. The topological polar surface area (TPSA) is 21.3 Å². The van der Waals surface area contributed by atoms with Crippen molar-refractivity contribution in [3.8, 4) is 5.75 Å². The number of nitrogens with one attached hydrogen (secondary N) is 1. The van der Waals surface area contributed by atoms with Crippen LogP contribution in [0, 0.1) is 0 Å². The fourth-order valence-electron chi connectivity index (χ4n) is 1.42. The molecule has 90 valence electrons. The van der Waals surface area contributed by atoms with E-state index in [-0.39, 0.29) is 0 Å². The lowest BCUT2D eigenvalue weighted by Gasteiger charge is -2.08. The fraction of sp³-hybridized carbons (Fsp3) is 0.167. The van der Waals surface area contributed by atoms with Crippen LogP contribution in [0.5, 0.6) is 5.75 Å². The SMILES string of the molecule is COc1ccc(NCc2csc(Br)c2)cc1Br. The second kappa shape index (κ2) is 5.89. The summed E-state index contributed by atoms with van der Waals surface area (Å²) in [5.74, 6) is 0.842. The minimum atomic E-state index is 0.820. The molecular weight excluding hydrogens is 366 g/mol. The summed E-state index contributed by atoms with van der Waals surface area (Å²) in [5, 5.41) is 5.50. The monoisotopic (exact) mass is 375 g/mol. The van der Waals surface area contributed by atoms with Crippen molar-refractivity contribution >= 4 is 48.9 Å². The maximum Gasteiger partial charge on any atom is 0.133 e. The van der Waals surface area contributed by atoms with E-state index in [1.165, 1.54) is 5.56 Å². The second-order valence-corrected chi connectivity index (χ2v) is 6.61. The van der Waals surface area contributed by atoms with Crippen molar-refractivity contribution in [2.45, 2.75) is 6.54 Å². The van der Waals surface area contributed by atoms with Crippen molar-refractivity contribution in [1.29, 1.82) is 0 Å². The quantitative estimate of drug-likeness (QED) is 0.819. The number of thiophene rings is 1. The number of methoxy groups -OCH3 is 1. The first-order valence-electron chi connectivity index (χ1n) is 4.99. The third-order valence-corrected chi connectivity index (χ3v) is 4.44. The van der Waals surface area contributed by atoms with E-state index in [4.69, 9.17) is 4.74 Å². The van der Waals surface area contributed by atoms with E-state index in [9.17, 15) is 0 Å². The van der Waals surface area contributed by atoms with Crippen LogP contribution in [-0.2, 0) is 6.54 Å². The van der Waals surface area contributed by atoms with Gasteiger partial charge in [-0.2, -0.15) is 0 Å². The molecule has 17 heavy (non-hydrogen) atoms. The number of halogens is 2. The van der Waals surface area contributed by atoms with Crippen LogP contribution in [0.15, 0.2) is 37.9 Å². The summed E-state index contributed by atoms with van der Waals surface area (Å²) in [4.78, 5) is 0. The molecule has 0 saturated carbocycles. The number of ether oxygens (including phenoxy) is 1. The van der Waals surface area contributed by atoms with Gasteiger partial charge in [0.1, 0.15) is 5.75 Å². The Hall–Kier alpha value is -0.520. The Morgan fingerprint density at radius 2 is 2.12 bits per heavy atom. The van der Waals surface area contributed by atoms with Crippen molar-refractivity contribution in [2.75, 3.05) is 12.4 Å². The Morgan fingerprint density at radius 3 is 2.71 bits per heavy atom. The van der Waals surface area contributed by atoms with Crippen LogP contribution >= 0.6 is 43.2 Å². The molecule has 2 rings (SSSR count). The average Bonchev–Trinajstić information content (AvgIpc) is 2.73. The molecule has 2 aromatic rings. The number of anilines is 1. The molecule has 0 aliphatic rings. The molecule has 0 saturated heterocycles. The Labute approximate surface area is 121 Å². The van der Waals surface area contributed by atoms with Gasteiger partial charge in [-0.25, -0.2) is 0 Å². The van der Waals surface area contributed by atoms with E-state index in [0.29, 0.717) is 0 Å². The van der Waals surface area contributed by atoms with Gasteiger partial charge in [0.2, 0.25) is 0 Å². The number of rotatable bonds is 4. The molecule has 1 N–H and O–H groups in total. The molecule has 2 nitrogen and oxygen atoms in total. The first-order chi connectivity index (χ1) is 8.19. The van der Waals surface area contributed by atoms with Crippen LogP contribution in [0.25, 0.3) is 0 Å². The molecule has 0 aliphatic carbocycles. The zero-order chi connectivity index (χ0) is 12.3. The number of hydrogen-bond donors (Lipinski definition) is 1. The smallest absolute Gasteiger partial charge is 0.133 e. The lowest BCUT2D eigenvalue weighted by molar-refractivity contribution is 0.412. The van der Waals surface area contributed by atoms with Gasteiger partial charge in [-0.05, 0) is 67.1 Å². The molecule has 0 atom stereocenters. The van der Waals surface area contributed by atoms with Gasteiger partial charge < -0.3 is 10.1 Å². The van der Waals surface area contributed by atoms with Crippen molar-refractivity contribution in [3.63, 3.8) is 0 Å². The maximum atomic E-state index is 5.19. The van der Waals surface area contributed by atoms with E-state index in [2.05, 4.69) is 48.6 Å². The van der Waals surface area contributed by atoms with Crippen LogP contribution in [-0.4, -0.2) is 7.11 Å². The second-order valence-electron chi connectivity index (χ2n) is 3.46. The predicted molar refractivity (Wildman–Crippen MR) is 80.0 cm³/mol. The first kappa shape index (κ1) is 12.9. The van der Waals surface area contributed by atoms with Crippen LogP contribution < -0.4 is 10.1 Å². The largest absolute Gasteiger partial charge is 0.496 e. The highest BCUT2D eigenvalue weighted by molar-refractivity contribution is 9.11. The van der Waals surface area contributed by atoms with Gasteiger partial charge in [0.05, 0.1) is 15.4 Å². The zero-order valence-corrected chi connectivity index (χ0v) is 13.2. The summed E-state index contributed by atoms with van der Waals surface area (Å²) in [6.07, 6.45) is 0. The van der Waals surface area contributed by atoms with Gasteiger partial charge in [0.15, 0.2) is 0 Å². The maximum absolute atomic E-state index is 5.19. The molecule has 0 aliphatic heterocycles. The highest BCUT2D eigenvalue weighted by Gasteiger charge is 2.02. The third kappa shape index (κ3) is 3.47. The van der Waals surface area contributed by atoms with E-state index < -0.39 is 0 Å². The summed E-state index contributed by atoms with van der Waals surface area (Å²) in [5.41, 5.74) is 2.34. The number of benzene rings is 1. The molecule has 5 heteroatoms. The molecule has 0 radical (unpaired) electrons. The molecule has 0 amide bonds. The predicted octanol–water partition coefficient (Wildman–Crippen LogP) is 4.89. The average molecular weight is 377 g/mol. The highest BCUT2D eigenvalue weighted by atomic mass is 79.9. The van der Waals surface area contributed by atoms with Gasteiger partial charge in [-0.3, -0.25) is 0 Å². The van der Waals surface area contributed by atoms with E-state index >= 15 is 0 Å². The fourth-order valence-corrected chi connectivity index (χ4v) is 3.17. The van der Waals surface area contributed by atoms with Crippen LogP contribution in [0.3, 0.4) is 0 Å². The zero-order valence-electron chi connectivity index (χ0n) is 9.17. The molecule has 1 aromatic heterocycles. The first-order valence-corrected chi connectivity index (χ1v) is 7.46. The lowest BCUT2D eigenvalue weighted by atomic mass is 10.3. The highest BCUT2D eigenvalue weighted by Crippen LogP contribution is 2.28.